The van der Waals surface area contributed by atoms with Crippen molar-refractivity contribution in [3.8, 4) is 17.0 Å². The molecule has 1 N–H and O–H groups in total. The highest BCUT2D eigenvalue weighted by molar-refractivity contribution is 7.16. The number of anilines is 1. The first-order valence-electron chi connectivity index (χ1n) is 8.26. The molecule has 0 spiro atoms. The molecule has 3 aromatic rings. The molecule has 0 atom stereocenters. The van der Waals surface area contributed by atoms with E-state index in [-0.39, 0.29) is 11.7 Å². The summed E-state index contributed by atoms with van der Waals surface area (Å²) in [6.45, 7) is 3.35. The molecule has 142 valence electrons. The van der Waals surface area contributed by atoms with Crippen LogP contribution in [-0.4, -0.2) is 27.3 Å². The molecule has 9 heteroatoms. The van der Waals surface area contributed by atoms with E-state index >= 15 is 0 Å². The molecule has 0 bridgehead atoms. The topological polar surface area (TPSA) is 69.0 Å². The second kappa shape index (κ2) is 7.83. The molecule has 0 aliphatic carbocycles. The Kier molecular flexibility index (Phi) is 5.50. The Hall–Kier alpha value is -2.81. The van der Waals surface area contributed by atoms with Crippen LogP contribution < -0.4 is 10.1 Å². The number of nitrogens with one attached hydrogen (secondary N) is 1. The molecule has 27 heavy (non-hydrogen) atoms. The van der Waals surface area contributed by atoms with E-state index in [0.717, 1.165) is 16.1 Å². The lowest BCUT2D eigenvalue weighted by Gasteiger charge is -2.05. The van der Waals surface area contributed by atoms with Crippen molar-refractivity contribution in [1.29, 1.82) is 0 Å². The summed E-state index contributed by atoms with van der Waals surface area (Å²) in [6.07, 6.45) is 0. The van der Waals surface area contributed by atoms with Gasteiger partial charge in [0.05, 0.1) is 11.4 Å². The fourth-order valence-corrected chi connectivity index (χ4v) is 3.47. The number of carbonyl (C=O) groups is 1. The fraction of sp³-hybridized carbons (Fsp3) is 0.278. The first-order chi connectivity index (χ1) is 12.9. The molecule has 0 radical (unpaired) electrons. The highest BCUT2D eigenvalue weighted by Gasteiger charge is 2.17. The molecule has 0 aliphatic rings. The summed E-state index contributed by atoms with van der Waals surface area (Å²) in [6, 6.07) is 7.95. The van der Waals surface area contributed by atoms with E-state index in [2.05, 4.69) is 20.1 Å². The van der Waals surface area contributed by atoms with E-state index in [1.165, 1.54) is 23.5 Å². The summed E-state index contributed by atoms with van der Waals surface area (Å²) < 4.78 is 30.5. The summed E-state index contributed by atoms with van der Waals surface area (Å²) in [7, 11) is 0. The van der Waals surface area contributed by atoms with Gasteiger partial charge < -0.3 is 4.74 Å². The van der Waals surface area contributed by atoms with Gasteiger partial charge in [-0.05, 0) is 51.1 Å². The van der Waals surface area contributed by atoms with Crippen LogP contribution in [0.2, 0.25) is 0 Å². The van der Waals surface area contributed by atoms with Gasteiger partial charge in [-0.1, -0.05) is 0 Å². The van der Waals surface area contributed by atoms with Crippen molar-refractivity contribution in [3.63, 3.8) is 0 Å². The third kappa shape index (κ3) is 4.30. The van der Waals surface area contributed by atoms with Crippen molar-refractivity contribution < 1.29 is 18.3 Å². The van der Waals surface area contributed by atoms with E-state index in [9.17, 15) is 13.6 Å². The minimum absolute atomic E-state index is 0.0818. The standard InChI is InChI=1S/C18H18F2N4O2S/c1-4-24-14(9-10(2)23-24)16(25)22-18-21-15(11(3)27-18)12-5-7-13(8-6-12)26-17(19)20/h5-9,17H,4H2,1-3H3,(H,21,22,25). The second-order valence-electron chi connectivity index (χ2n) is 5.77. The van der Waals surface area contributed by atoms with E-state index in [4.69, 9.17) is 0 Å². The van der Waals surface area contributed by atoms with Crippen molar-refractivity contribution in [2.45, 2.75) is 33.9 Å². The predicted molar refractivity (Wildman–Crippen MR) is 99.5 cm³/mol. The van der Waals surface area contributed by atoms with Gasteiger partial charge in [0.25, 0.3) is 5.91 Å². The van der Waals surface area contributed by atoms with Crippen molar-refractivity contribution in [3.05, 3.63) is 46.6 Å². The Bertz CT molecular complexity index is 951. The van der Waals surface area contributed by atoms with Crippen LogP contribution in [0.1, 0.15) is 28.0 Å². The summed E-state index contributed by atoms with van der Waals surface area (Å²) in [5.74, 6) is -0.197. The van der Waals surface area contributed by atoms with Crippen LogP contribution in [0, 0.1) is 13.8 Å². The maximum absolute atomic E-state index is 12.5. The molecule has 0 saturated heterocycles. The number of hydrogen-bond acceptors (Lipinski definition) is 5. The fourth-order valence-electron chi connectivity index (χ4n) is 2.64. The number of ether oxygens (including phenoxy) is 1. The average Bonchev–Trinajstić information content (AvgIpc) is 3.17. The van der Waals surface area contributed by atoms with Crippen LogP contribution >= 0.6 is 11.3 Å². The molecule has 0 saturated carbocycles. The van der Waals surface area contributed by atoms with Crippen LogP contribution in [0.5, 0.6) is 5.75 Å². The summed E-state index contributed by atoms with van der Waals surface area (Å²) >= 11 is 1.34. The van der Waals surface area contributed by atoms with Gasteiger partial charge in [0, 0.05) is 17.0 Å². The normalized spacial score (nSPS) is 11.0. The number of carbonyl (C=O) groups excluding carboxylic acids is 1. The molecule has 2 heterocycles. The first kappa shape index (κ1) is 19.0. The number of hydrogen-bond donors (Lipinski definition) is 1. The highest BCUT2D eigenvalue weighted by atomic mass is 32.1. The van der Waals surface area contributed by atoms with Gasteiger partial charge in [0.2, 0.25) is 0 Å². The smallest absolute Gasteiger partial charge is 0.387 e. The third-order valence-electron chi connectivity index (χ3n) is 3.80. The molecule has 1 amide bonds. The third-order valence-corrected chi connectivity index (χ3v) is 4.69. The average molecular weight is 392 g/mol. The number of rotatable bonds is 6. The molecule has 6 nitrogen and oxygen atoms in total. The monoisotopic (exact) mass is 392 g/mol. The molecular formula is C18H18F2N4O2S. The zero-order chi connectivity index (χ0) is 19.6. The number of benzene rings is 1. The molecule has 0 aliphatic heterocycles. The lowest BCUT2D eigenvalue weighted by molar-refractivity contribution is -0.0498. The molecule has 1 aromatic carbocycles. The van der Waals surface area contributed by atoms with Gasteiger partial charge in [0.1, 0.15) is 11.4 Å². The lowest BCUT2D eigenvalue weighted by Crippen LogP contribution is -2.17. The van der Waals surface area contributed by atoms with Gasteiger partial charge in [-0.15, -0.1) is 11.3 Å². The lowest BCUT2D eigenvalue weighted by atomic mass is 10.1. The largest absolute Gasteiger partial charge is 0.435 e. The van der Waals surface area contributed by atoms with Crippen LogP contribution in [0.3, 0.4) is 0 Å². The molecular weight excluding hydrogens is 374 g/mol. The van der Waals surface area contributed by atoms with Crippen molar-refractivity contribution in [2.24, 2.45) is 0 Å². The molecule has 0 fully saturated rings. The zero-order valence-corrected chi connectivity index (χ0v) is 15.8. The van der Waals surface area contributed by atoms with E-state index in [1.807, 2.05) is 20.8 Å². The van der Waals surface area contributed by atoms with Crippen LogP contribution in [-0.2, 0) is 6.54 Å². The molecule has 0 unspecified atom stereocenters. The van der Waals surface area contributed by atoms with Crippen molar-refractivity contribution in [2.75, 3.05) is 5.32 Å². The zero-order valence-electron chi connectivity index (χ0n) is 15.0. The number of nitrogens with zero attached hydrogens (tertiary/aromatic N) is 3. The SMILES string of the molecule is CCn1nc(C)cc1C(=O)Nc1nc(-c2ccc(OC(F)F)cc2)c(C)s1. The van der Waals surface area contributed by atoms with Crippen molar-refractivity contribution in [1.82, 2.24) is 14.8 Å². The van der Waals surface area contributed by atoms with Crippen LogP contribution in [0.15, 0.2) is 30.3 Å². The Morgan fingerprint density at radius 1 is 1.30 bits per heavy atom. The number of halogens is 2. The van der Waals surface area contributed by atoms with Crippen LogP contribution in [0.4, 0.5) is 13.9 Å². The highest BCUT2D eigenvalue weighted by Crippen LogP contribution is 2.31. The summed E-state index contributed by atoms with van der Waals surface area (Å²) in [5, 5.41) is 7.52. The Morgan fingerprint density at radius 3 is 2.63 bits per heavy atom. The molecule has 3 rings (SSSR count). The number of amides is 1. The van der Waals surface area contributed by atoms with Gasteiger partial charge in [-0.25, -0.2) is 4.98 Å². The van der Waals surface area contributed by atoms with E-state index < -0.39 is 6.61 Å². The van der Waals surface area contributed by atoms with Crippen molar-refractivity contribution >= 4 is 22.4 Å². The Morgan fingerprint density at radius 2 is 2.00 bits per heavy atom. The minimum Gasteiger partial charge on any atom is -0.435 e. The summed E-state index contributed by atoms with van der Waals surface area (Å²) in [4.78, 5) is 17.9. The number of thiazole rings is 1. The quantitative estimate of drug-likeness (QED) is 0.671. The van der Waals surface area contributed by atoms with E-state index in [0.29, 0.717) is 23.1 Å². The Labute approximate surface area is 158 Å². The predicted octanol–water partition coefficient (Wildman–Crippen LogP) is 4.50. The number of aromatic nitrogens is 3. The van der Waals surface area contributed by atoms with Gasteiger partial charge >= 0.3 is 6.61 Å². The number of alkyl halides is 2. The van der Waals surface area contributed by atoms with Gasteiger partial charge in [-0.2, -0.15) is 13.9 Å². The summed E-state index contributed by atoms with van der Waals surface area (Å²) in [5.41, 5.74) is 2.67. The number of aryl methyl sites for hydroxylation is 3. The maximum Gasteiger partial charge on any atom is 0.387 e. The Balaban J connectivity index is 1.79. The minimum atomic E-state index is -2.86. The second-order valence-corrected chi connectivity index (χ2v) is 6.97. The maximum atomic E-state index is 12.5. The van der Waals surface area contributed by atoms with E-state index in [1.54, 1.807) is 22.9 Å². The van der Waals surface area contributed by atoms with Gasteiger partial charge in [0.15, 0.2) is 5.13 Å². The van der Waals surface area contributed by atoms with Crippen LogP contribution in [0.25, 0.3) is 11.3 Å². The van der Waals surface area contributed by atoms with Gasteiger partial charge in [-0.3, -0.25) is 14.8 Å². The molecule has 2 aromatic heterocycles. The first-order valence-corrected chi connectivity index (χ1v) is 9.07.